The number of hydrogen-bond donors (Lipinski definition) is 2. The highest BCUT2D eigenvalue weighted by molar-refractivity contribution is 5.96. The second kappa shape index (κ2) is 8.78. The zero-order chi connectivity index (χ0) is 21.0. The average Bonchev–Trinajstić information content (AvgIpc) is 3.00. The van der Waals surface area contributed by atoms with Crippen molar-refractivity contribution in [3.63, 3.8) is 0 Å². The molecule has 1 aliphatic heterocycles. The Labute approximate surface area is 172 Å². The molecule has 156 valence electrons. The summed E-state index contributed by atoms with van der Waals surface area (Å²) in [4.78, 5) is 31.8. The van der Waals surface area contributed by atoms with Crippen molar-refractivity contribution < 1.29 is 9.59 Å². The lowest BCUT2D eigenvalue weighted by Crippen LogP contribution is -2.49. The van der Waals surface area contributed by atoms with E-state index in [1.54, 1.807) is 17.1 Å². The second-order valence-corrected chi connectivity index (χ2v) is 8.42. The first-order valence-electron chi connectivity index (χ1n) is 10.2. The SMILES string of the molecule is CC1CCCN(C(=O)C(C)(C)n2cnc(NC(=O)[C@@H](N)C3=CC=CCC=C3)c2)C1. The van der Waals surface area contributed by atoms with Gasteiger partial charge in [-0.25, -0.2) is 4.98 Å². The molecule has 2 atom stereocenters. The first-order valence-corrected chi connectivity index (χ1v) is 10.2. The Bertz CT molecular complexity index is 849. The summed E-state index contributed by atoms with van der Waals surface area (Å²) in [5.41, 5.74) is 6.06. The number of allylic oxidation sites excluding steroid dienone is 4. The molecule has 7 heteroatoms. The van der Waals surface area contributed by atoms with Crippen LogP contribution >= 0.6 is 0 Å². The normalized spacial score (nSPS) is 20.8. The van der Waals surface area contributed by atoms with E-state index in [-0.39, 0.29) is 11.8 Å². The lowest BCUT2D eigenvalue weighted by molar-refractivity contribution is -0.141. The largest absolute Gasteiger partial charge is 0.340 e. The number of nitrogens with one attached hydrogen (secondary N) is 1. The van der Waals surface area contributed by atoms with Gasteiger partial charge >= 0.3 is 0 Å². The molecule has 2 aliphatic rings. The number of imidazole rings is 1. The van der Waals surface area contributed by atoms with E-state index in [2.05, 4.69) is 17.2 Å². The van der Waals surface area contributed by atoms with Crippen molar-refractivity contribution in [3.8, 4) is 0 Å². The second-order valence-electron chi connectivity index (χ2n) is 8.42. The molecule has 1 aromatic rings. The summed E-state index contributed by atoms with van der Waals surface area (Å²) in [5.74, 6) is 0.629. The Balaban J connectivity index is 1.67. The maximum Gasteiger partial charge on any atom is 0.248 e. The monoisotopic (exact) mass is 397 g/mol. The number of anilines is 1. The van der Waals surface area contributed by atoms with Crippen LogP contribution in [-0.2, 0) is 15.1 Å². The Morgan fingerprint density at radius 3 is 2.90 bits per heavy atom. The summed E-state index contributed by atoms with van der Waals surface area (Å²) in [6.07, 6.45) is 15.8. The van der Waals surface area contributed by atoms with Crippen molar-refractivity contribution in [3.05, 3.63) is 48.5 Å². The third-order valence-corrected chi connectivity index (χ3v) is 5.60. The molecule has 1 saturated heterocycles. The number of amides is 2. The lowest BCUT2D eigenvalue weighted by atomic mass is 9.96. The van der Waals surface area contributed by atoms with E-state index in [1.807, 2.05) is 49.1 Å². The number of carbonyl (C=O) groups is 2. The molecule has 0 spiro atoms. The van der Waals surface area contributed by atoms with E-state index in [0.29, 0.717) is 11.7 Å². The Morgan fingerprint density at radius 2 is 2.14 bits per heavy atom. The number of nitrogens with zero attached hydrogens (tertiary/aromatic N) is 3. The summed E-state index contributed by atoms with van der Waals surface area (Å²) in [6.45, 7) is 7.50. The molecule has 29 heavy (non-hydrogen) atoms. The molecule has 3 N–H and O–H groups in total. The van der Waals surface area contributed by atoms with Crippen LogP contribution in [0.15, 0.2) is 48.5 Å². The van der Waals surface area contributed by atoms with E-state index in [4.69, 9.17) is 5.73 Å². The zero-order valence-electron chi connectivity index (χ0n) is 17.5. The molecule has 3 rings (SSSR count). The fourth-order valence-electron chi connectivity index (χ4n) is 3.72. The maximum atomic E-state index is 13.1. The minimum absolute atomic E-state index is 0.0663. The quantitative estimate of drug-likeness (QED) is 0.799. The van der Waals surface area contributed by atoms with Gasteiger partial charge in [-0.15, -0.1) is 0 Å². The van der Waals surface area contributed by atoms with E-state index >= 15 is 0 Å². The zero-order valence-corrected chi connectivity index (χ0v) is 17.5. The highest BCUT2D eigenvalue weighted by Crippen LogP contribution is 2.24. The molecule has 2 amide bonds. The molecular weight excluding hydrogens is 366 g/mol. The van der Waals surface area contributed by atoms with Gasteiger partial charge in [0.05, 0.1) is 6.33 Å². The summed E-state index contributed by atoms with van der Waals surface area (Å²) >= 11 is 0. The minimum atomic E-state index is -0.788. The maximum absolute atomic E-state index is 13.1. The highest BCUT2D eigenvalue weighted by Gasteiger charge is 2.35. The van der Waals surface area contributed by atoms with Crippen LogP contribution in [0.2, 0.25) is 0 Å². The molecule has 0 radical (unpaired) electrons. The number of aromatic nitrogens is 2. The van der Waals surface area contributed by atoms with E-state index < -0.39 is 11.6 Å². The van der Waals surface area contributed by atoms with Gasteiger partial charge in [0, 0.05) is 19.3 Å². The van der Waals surface area contributed by atoms with Crippen LogP contribution in [0.1, 0.15) is 40.0 Å². The third-order valence-electron chi connectivity index (χ3n) is 5.60. The van der Waals surface area contributed by atoms with E-state index in [1.165, 1.54) is 0 Å². The number of hydrogen-bond acceptors (Lipinski definition) is 4. The molecule has 0 saturated carbocycles. The first kappa shape index (κ1) is 21.0. The van der Waals surface area contributed by atoms with Gasteiger partial charge in [-0.2, -0.15) is 0 Å². The van der Waals surface area contributed by atoms with Crippen LogP contribution in [0.25, 0.3) is 0 Å². The van der Waals surface area contributed by atoms with Gasteiger partial charge in [-0.1, -0.05) is 37.3 Å². The smallest absolute Gasteiger partial charge is 0.248 e. The molecule has 1 unspecified atom stereocenters. The number of nitrogens with two attached hydrogens (primary N) is 1. The van der Waals surface area contributed by atoms with Crippen molar-refractivity contribution in [1.82, 2.24) is 14.5 Å². The Kier molecular flexibility index (Phi) is 6.37. The van der Waals surface area contributed by atoms with Crippen molar-refractivity contribution >= 4 is 17.6 Å². The first-order chi connectivity index (χ1) is 13.8. The number of piperidine rings is 1. The predicted octanol–water partition coefficient (Wildman–Crippen LogP) is 2.59. The number of carbonyl (C=O) groups excluding carboxylic acids is 2. The molecule has 1 aliphatic carbocycles. The Morgan fingerprint density at radius 1 is 1.34 bits per heavy atom. The van der Waals surface area contributed by atoms with E-state index in [9.17, 15) is 9.59 Å². The van der Waals surface area contributed by atoms with Crippen LogP contribution in [0, 0.1) is 5.92 Å². The number of likely N-dealkylation sites (tertiary alicyclic amines) is 1. The van der Waals surface area contributed by atoms with Crippen molar-refractivity contribution in [2.45, 2.75) is 51.6 Å². The predicted molar refractivity (Wildman–Crippen MR) is 114 cm³/mol. The summed E-state index contributed by atoms with van der Waals surface area (Å²) < 4.78 is 1.75. The van der Waals surface area contributed by atoms with Crippen LogP contribution in [0.5, 0.6) is 0 Å². The van der Waals surface area contributed by atoms with Crippen molar-refractivity contribution in [2.75, 3.05) is 18.4 Å². The third kappa shape index (κ3) is 4.85. The van der Waals surface area contributed by atoms with Crippen molar-refractivity contribution in [2.24, 2.45) is 11.7 Å². The molecule has 7 nitrogen and oxygen atoms in total. The van der Waals surface area contributed by atoms with Crippen LogP contribution in [0.3, 0.4) is 0 Å². The highest BCUT2D eigenvalue weighted by atomic mass is 16.2. The lowest BCUT2D eigenvalue weighted by Gasteiger charge is -2.37. The number of rotatable bonds is 5. The van der Waals surface area contributed by atoms with Gasteiger partial charge in [-0.3, -0.25) is 9.59 Å². The van der Waals surface area contributed by atoms with Crippen LogP contribution in [0.4, 0.5) is 5.82 Å². The van der Waals surface area contributed by atoms with Crippen LogP contribution < -0.4 is 11.1 Å². The summed E-state index contributed by atoms with van der Waals surface area (Å²) in [6, 6.07) is -0.788. The molecule has 0 bridgehead atoms. The van der Waals surface area contributed by atoms with E-state index in [0.717, 1.165) is 37.9 Å². The fraction of sp³-hybridized carbons (Fsp3) is 0.500. The fourth-order valence-corrected chi connectivity index (χ4v) is 3.72. The topological polar surface area (TPSA) is 93.2 Å². The van der Waals surface area contributed by atoms with Gasteiger partial charge in [0.1, 0.15) is 11.6 Å². The summed E-state index contributed by atoms with van der Waals surface area (Å²) in [5, 5.41) is 2.76. The van der Waals surface area contributed by atoms with Gasteiger partial charge in [0.25, 0.3) is 0 Å². The summed E-state index contributed by atoms with van der Waals surface area (Å²) in [7, 11) is 0. The van der Waals surface area contributed by atoms with Crippen molar-refractivity contribution in [1.29, 1.82) is 0 Å². The Hall–Kier alpha value is -2.67. The van der Waals surface area contributed by atoms with Crippen LogP contribution in [-0.4, -0.2) is 45.4 Å². The standard InChI is InChI=1S/C22H31N5O2/c1-16-9-8-12-26(13-16)21(29)22(2,3)27-14-18(24-15-27)25-20(28)19(23)17-10-6-4-5-7-11-17/h4,6-7,10-11,14-16,19H,5,8-9,12-13,23H2,1-3H3,(H,25,28)/t16?,19-/m0/s1. The molecule has 2 heterocycles. The van der Waals surface area contributed by atoms with Gasteiger partial charge in [-0.05, 0) is 44.6 Å². The molecule has 1 fully saturated rings. The van der Waals surface area contributed by atoms with Gasteiger partial charge in [0.15, 0.2) is 5.82 Å². The molecular formula is C22H31N5O2. The molecule has 1 aromatic heterocycles. The molecule has 0 aromatic carbocycles. The average molecular weight is 398 g/mol. The van der Waals surface area contributed by atoms with Gasteiger partial charge in [0.2, 0.25) is 11.8 Å². The van der Waals surface area contributed by atoms with Gasteiger partial charge < -0.3 is 20.5 Å². The minimum Gasteiger partial charge on any atom is -0.340 e.